The first-order chi connectivity index (χ1) is 7.73. The van der Waals surface area contributed by atoms with Gasteiger partial charge in [0.15, 0.2) is 0 Å². The molecule has 0 radical (unpaired) electrons. The minimum atomic E-state index is -0.287. The van der Waals surface area contributed by atoms with E-state index in [2.05, 4.69) is 10.2 Å². The summed E-state index contributed by atoms with van der Waals surface area (Å²) in [5, 5.41) is 3.34. The predicted octanol–water partition coefficient (Wildman–Crippen LogP) is -0.0643. The van der Waals surface area contributed by atoms with E-state index in [1.165, 1.54) is 19.3 Å². The molecule has 0 spiro atoms. The topological polar surface area (TPSA) is 58.4 Å². The number of primary amides is 1. The van der Waals surface area contributed by atoms with Crippen LogP contribution in [0.1, 0.15) is 25.7 Å². The van der Waals surface area contributed by atoms with Crippen LogP contribution in [0.15, 0.2) is 0 Å². The number of carbonyl (C=O) groups excluding carboxylic acids is 1. The van der Waals surface area contributed by atoms with E-state index in [0.29, 0.717) is 5.92 Å². The number of rotatable bonds is 2. The van der Waals surface area contributed by atoms with E-state index in [1.54, 1.807) is 0 Å². The fourth-order valence-corrected chi connectivity index (χ4v) is 4.21. The zero-order valence-corrected chi connectivity index (χ0v) is 9.74. The van der Waals surface area contributed by atoms with Crippen molar-refractivity contribution in [2.45, 2.75) is 31.2 Å². The highest BCUT2D eigenvalue weighted by atomic mass is 16.1. The molecule has 0 aromatic rings. The molecular formula is C12H21N3O. The van der Waals surface area contributed by atoms with Gasteiger partial charge < -0.3 is 11.1 Å². The third-order valence-electron chi connectivity index (χ3n) is 4.92. The molecule has 3 aliphatic rings. The highest BCUT2D eigenvalue weighted by Gasteiger charge is 2.57. The van der Waals surface area contributed by atoms with E-state index in [1.807, 2.05) is 0 Å². The number of piperazine rings is 1. The lowest BCUT2D eigenvalue weighted by molar-refractivity contribution is -0.134. The summed E-state index contributed by atoms with van der Waals surface area (Å²) in [7, 11) is 0. The first-order valence-corrected chi connectivity index (χ1v) is 6.49. The highest BCUT2D eigenvalue weighted by Crippen LogP contribution is 2.53. The van der Waals surface area contributed by atoms with Crippen molar-refractivity contribution in [3.8, 4) is 0 Å². The lowest BCUT2D eigenvalue weighted by Crippen LogP contribution is -2.64. The van der Waals surface area contributed by atoms with E-state index in [-0.39, 0.29) is 11.4 Å². The maximum Gasteiger partial charge on any atom is 0.238 e. The summed E-state index contributed by atoms with van der Waals surface area (Å²) >= 11 is 0. The lowest BCUT2D eigenvalue weighted by Gasteiger charge is -2.46. The molecule has 16 heavy (non-hydrogen) atoms. The number of nitrogens with two attached hydrogens (primary N) is 1. The molecule has 2 saturated carbocycles. The average molecular weight is 223 g/mol. The van der Waals surface area contributed by atoms with Crippen molar-refractivity contribution < 1.29 is 4.79 Å². The molecule has 1 heterocycles. The molecule has 2 aliphatic carbocycles. The number of amides is 1. The van der Waals surface area contributed by atoms with Crippen LogP contribution in [0, 0.1) is 11.8 Å². The molecule has 1 saturated heterocycles. The van der Waals surface area contributed by atoms with E-state index < -0.39 is 0 Å². The normalized spacial score (nSPS) is 43.8. The third kappa shape index (κ3) is 1.32. The molecule has 2 bridgehead atoms. The van der Waals surface area contributed by atoms with Crippen molar-refractivity contribution in [3.63, 3.8) is 0 Å². The second-order valence-corrected chi connectivity index (χ2v) is 5.61. The minimum absolute atomic E-state index is 0.0680. The summed E-state index contributed by atoms with van der Waals surface area (Å²) in [6.45, 7) is 3.94. The number of hydrogen-bond acceptors (Lipinski definition) is 3. The summed E-state index contributed by atoms with van der Waals surface area (Å²) in [6.07, 6.45) is 4.77. The second-order valence-electron chi connectivity index (χ2n) is 5.61. The van der Waals surface area contributed by atoms with Crippen molar-refractivity contribution in [1.29, 1.82) is 0 Å². The first kappa shape index (κ1) is 10.5. The van der Waals surface area contributed by atoms with E-state index in [9.17, 15) is 4.79 Å². The molecule has 3 N–H and O–H groups in total. The van der Waals surface area contributed by atoms with Crippen molar-refractivity contribution in [1.82, 2.24) is 10.2 Å². The summed E-state index contributed by atoms with van der Waals surface area (Å²) < 4.78 is 0. The molecule has 4 heteroatoms. The van der Waals surface area contributed by atoms with Gasteiger partial charge in [-0.2, -0.15) is 0 Å². The van der Waals surface area contributed by atoms with Gasteiger partial charge in [-0.25, -0.2) is 0 Å². The van der Waals surface area contributed by atoms with Crippen LogP contribution in [-0.4, -0.2) is 42.5 Å². The summed E-state index contributed by atoms with van der Waals surface area (Å²) in [6, 6.07) is 0. The first-order valence-electron chi connectivity index (χ1n) is 6.49. The van der Waals surface area contributed by atoms with Gasteiger partial charge in [0.1, 0.15) is 5.54 Å². The Morgan fingerprint density at radius 2 is 2.06 bits per heavy atom. The van der Waals surface area contributed by atoms with Gasteiger partial charge in [-0.1, -0.05) is 6.42 Å². The zero-order chi connectivity index (χ0) is 11.2. The van der Waals surface area contributed by atoms with Crippen molar-refractivity contribution >= 4 is 5.91 Å². The molecule has 0 aromatic heterocycles. The maximum atomic E-state index is 12.0. The van der Waals surface area contributed by atoms with Crippen LogP contribution in [0.3, 0.4) is 0 Å². The van der Waals surface area contributed by atoms with Crippen LogP contribution in [0.4, 0.5) is 0 Å². The molecule has 3 unspecified atom stereocenters. The maximum absolute atomic E-state index is 12.0. The minimum Gasteiger partial charge on any atom is -0.368 e. The number of carbonyl (C=O) groups is 1. The fourth-order valence-electron chi connectivity index (χ4n) is 4.21. The Kier molecular flexibility index (Phi) is 2.44. The van der Waals surface area contributed by atoms with Gasteiger partial charge in [0.2, 0.25) is 5.91 Å². The van der Waals surface area contributed by atoms with Crippen LogP contribution in [0.5, 0.6) is 0 Å². The van der Waals surface area contributed by atoms with E-state index in [0.717, 1.165) is 38.5 Å². The molecule has 3 rings (SSSR count). The quantitative estimate of drug-likeness (QED) is 0.689. The molecule has 90 valence electrons. The molecule has 1 amide bonds. The Labute approximate surface area is 96.5 Å². The van der Waals surface area contributed by atoms with Crippen LogP contribution >= 0.6 is 0 Å². The van der Waals surface area contributed by atoms with E-state index in [4.69, 9.17) is 5.73 Å². The second kappa shape index (κ2) is 3.70. The predicted molar refractivity (Wildman–Crippen MR) is 61.8 cm³/mol. The average Bonchev–Trinajstić information content (AvgIpc) is 2.90. The monoisotopic (exact) mass is 223 g/mol. The summed E-state index contributed by atoms with van der Waals surface area (Å²) in [4.78, 5) is 14.3. The molecular weight excluding hydrogens is 202 g/mol. The molecule has 4 nitrogen and oxygen atoms in total. The van der Waals surface area contributed by atoms with Crippen molar-refractivity contribution in [2.24, 2.45) is 17.6 Å². The Bertz CT molecular complexity index is 301. The molecule has 3 fully saturated rings. The van der Waals surface area contributed by atoms with Gasteiger partial charge in [0.25, 0.3) is 0 Å². The van der Waals surface area contributed by atoms with Gasteiger partial charge in [-0.05, 0) is 31.1 Å². The standard InChI is InChI=1S/C12H21N3O/c13-11(16)12(15-5-3-14-4-6-15)8-9-1-2-10(12)7-9/h9-10,14H,1-8H2,(H2,13,16). The van der Waals surface area contributed by atoms with Gasteiger partial charge in [0, 0.05) is 26.2 Å². The SMILES string of the molecule is NC(=O)C1(N2CCNCC2)CC2CCC1C2. The summed E-state index contributed by atoms with van der Waals surface area (Å²) in [5.41, 5.74) is 5.46. The smallest absolute Gasteiger partial charge is 0.238 e. The number of nitrogens with one attached hydrogen (secondary N) is 1. The van der Waals surface area contributed by atoms with Gasteiger partial charge in [0.05, 0.1) is 0 Å². The van der Waals surface area contributed by atoms with Gasteiger partial charge in [-0.3, -0.25) is 9.69 Å². The largest absolute Gasteiger partial charge is 0.368 e. The Balaban J connectivity index is 1.88. The zero-order valence-electron chi connectivity index (χ0n) is 9.74. The Hall–Kier alpha value is -0.610. The van der Waals surface area contributed by atoms with E-state index >= 15 is 0 Å². The highest BCUT2D eigenvalue weighted by molar-refractivity contribution is 5.85. The molecule has 0 aromatic carbocycles. The Morgan fingerprint density at radius 1 is 1.31 bits per heavy atom. The van der Waals surface area contributed by atoms with Crippen LogP contribution in [0.2, 0.25) is 0 Å². The van der Waals surface area contributed by atoms with Crippen molar-refractivity contribution in [2.75, 3.05) is 26.2 Å². The van der Waals surface area contributed by atoms with Crippen LogP contribution in [-0.2, 0) is 4.79 Å². The summed E-state index contributed by atoms with van der Waals surface area (Å²) in [5.74, 6) is 1.22. The van der Waals surface area contributed by atoms with Crippen molar-refractivity contribution in [3.05, 3.63) is 0 Å². The number of nitrogens with zero attached hydrogens (tertiary/aromatic N) is 1. The van der Waals surface area contributed by atoms with Gasteiger partial charge >= 0.3 is 0 Å². The van der Waals surface area contributed by atoms with Crippen LogP contribution in [0.25, 0.3) is 0 Å². The van der Waals surface area contributed by atoms with Gasteiger partial charge in [-0.15, -0.1) is 0 Å². The third-order valence-corrected chi connectivity index (χ3v) is 4.92. The lowest BCUT2D eigenvalue weighted by atomic mass is 9.78. The molecule has 1 aliphatic heterocycles. The number of fused-ring (bicyclic) bond motifs is 2. The molecule has 3 atom stereocenters. The number of hydrogen-bond donors (Lipinski definition) is 2. The Morgan fingerprint density at radius 3 is 2.56 bits per heavy atom. The van der Waals surface area contributed by atoms with Crippen LogP contribution < -0.4 is 11.1 Å². The fraction of sp³-hybridized carbons (Fsp3) is 0.917.